The van der Waals surface area contributed by atoms with E-state index in [0.717, 1.165) is 18.7 Å². The van der Waals surface area contributed by atoms with Gasteiger partial charge < -0.3 is 19.1 Å². The zero-order valence-electron chi connectivity index (χ0n) is 12.1. The van der Waals surface area contributed by atoms with E-state index in [2.05, 4.69) is 20.1 Å². The predicted molar refractivity (Wildman–Crippen MR) is 78.0 cm³/mol. The lowest BCUT2D eigenvalue weighted by atomic mass is 10.2. The number of hydrogen-bond donors (Lipinski definition) is 1. The highest BCUT2D eigenvalue weighted by Gasteiger charge is 2.16. The molecule has 0 aliphatic carbocycles. The Morgan fingerprint density at radius 1 is 1.14 bits per heavy atom. The molecule has 0 radical (unpaired) electrons. The zero-order chi connectivity index (χ0) is 14.7. The number of aromatic amines is 1. The van der Waals surface area contributed by atoms with Crippen LogP contribution in [0.15, 0.2) is 18.2 Å². The summed E-state index contributed by atoms with van der Waals surface area (Å²) >= 11 is 0. The number of methoxy groups -OCH3 is 2. The number of rotatable bonds is 4. The van der Waals surface area contributed by atoms with Crippen LogP contribution in [0.1, 0.15) is 0 Å². The summed E-state index contributed by atoms with van der Waals surface area (Å²) in [6.45, 7) is 3.03. The van der Waals surface area contributed by atoms with E-state index < -0.39 is 0 Å². The topological polar surface area (TPSA) is 72.5 Å². The van der Waals surface area contributed by atoms with Crippen LogP contribution < -0.4 is 14.4 Å². The van der Waals surface area contributed by atoms with Gasteiger partial charge in [-0.2, -0.15) is 4.98 Å². The van der Waals surface area contributed by atoms with Gasteiger partial charge in [-0.25, -0.2) is 0 Å². The van der Waals surface area contributed by atoms with Crippen molar-refractivity contribution >= 4 is 5.95 Å². The third kappa shape index (κ3) is 2.78. The van der Waals surface area contributed by atoms with Gasteiger partial charge in [-0.3, -0.25) is 5.10 Å². The van der Waals surface area contributed by atoms with Gasteiger partial charge in [-0.05, 0) is 18.2 Å². The van der Waals surface area contributed by atoms with E-state index in [0.29, 0.717) is 36.5 Å². The molecule has 2 heterocycles. The standard InChI is InChI=1S/C14H18N4O3/c1-19-11-4-3-10(9-12(11)20-2)13-15-14(17-16-13)18-5-7-21-8-6-18/h3-4,9H,5-8H2,1-2H3,(H,15,16,17). The van der Waals surface area contributed by atoms with Crippen LogP contribution in [-0.4, -0.2) is 55.7 Å². The number of benzene rings is 1. The number of aromatic nitrogens is 3. The van der Waals surface area contributed by atoms with Gasteiger partial charge in [0.15, 0.2) is 17.3 Å². The van der Waals surface area contributed by atoms with Gasteiger partial charge in [-0.15, -0.1) is 5.10 Å². The van der Waals surface area contributed by atoms with Crippen molar-refractivity contribution in [2.45, 2.75) is 0 Å². The molecule has 0 amide bonds. The van der Waals surface area contributed by atoms with E-state index in [1.807, 2.05) is 18.2 Å². The number of anilines is 1. The van der Waals surface area contributed by atoms with Gasteiger partial charge >= 0.3 is 0 Å². The van der Waals surface area contributed by atoms with Crippen LogP contribution in [-0.2, 0) is 4.74 Å². The summed E-state index contributed by atoms with van der Waals surface area (Å²) in [6.07, 6.45) is 0. The monoisotopic (exact) mass is 290 g/mol. The third-order valence-corrected chi connectivity index (χ3v) is 3.42. The maximum Gasteiger partial charge on any atom is 0.245 e. The first-order valence-corrected chi connectivity index (χ1v) is 6.79. The van der Waals surface area contributed by atoms with Gasteiger partial charge in [0.1, 0.15) is 0 Å². The van der Waals surface area contributed by atoms with Crippen LogP contribution in [0.25, 0.3) is 11.4 Å². The second kappa shape index (κ2) is 6.01. The van der Waals surface area contributed by atoms with E-state index in [4.69, 9.17) is 14.2 Å². The fraction of sp³-hybridized carbons (Fsp3) is 0.429. The number of hydrogen-bond acceptors (Lipinski definition) is 6. The van der Waals surface area contributed by atoms with Gasteiger partial charge in [0, 0.05) is 18.7 Å². The smallest absolute Gasteiger partial charge is 0.245 e. The van der Waals surface area contributed by atoms with Crippen molar-refractivity contribution in [2.24, 2.45) is 0 Å². The Morgan fingerprint density at radius 2 is 1.90 bits per heavy atom. The molecule has 2 aromatic rings. The second-order valence-electron chi connectivity index (χ2n) is 4.65. The molecule has 0 atom stereocenters. The van der Waals surface area contributed by atoms with Crippen LogP contribution in [0.5, 0.6) is 11.5 Å². The Hall–Kier alpha value is -2.28. The number of ether oxygens (including phenoxy) is 3. The van der Waals surface area contributed by atoms with Crippen LogP contribution >= 0.6 is 0 Å². The van der Waals surface area contributed by atoms with Gasteiger partial charge in [0.25, 0.3) is 0 Å². The minimum atomic E-state index is 0.666. The lowest BCUT2D eigenvalue weighted by molar-refractivity contribution is 0.122. The van der Waals surface area contributed by atoms with Crippen molar-refractivity contribution in [3.05, 3.63) is 18.2 Å². The number of H-pyrrole nitrogens is 1. The molecular weight excluding hydrogens is 272 g/mol. The molecule has 1 N–H and O–H groups in total. The van der Waals surface area contributed by atoms with Crippen molar-refractivity contribution in [1.29, 1.82) is 0 Å². The molecule has 1 aliphatic heterocycles. The Morgan fingerprint density at radius 3 is 2.62 bits per heavy atom. The van der Waals surface area contributed by atoms with Crippen molar-refractivity contribution in [3.63, 3.8) is 0 Å². The maximum absolute atomic E-state index is 5.33. The van der Waals surface area contributed by atoms with E-state index in [-0.39, 0.29) is 0 Å². The summed E-state index contributed by atoms with van der Waals surface area (Å²) in [5.74, 6) is 2.76. The highest BCUT2D eigenvalue weighted by molar-refractivity contribution is 5.62. The second-order valence-corrected chi connectivity index (χ2v) is 4.65. The molecule has 7 nitrogen and oxygen atoms in total. The molecule has 1 aromatic carbocycles. The highest BCUT2D eigenvalue weighted by Crippen LogP contribution is 2.31. The molecule has 112 valence electrons. The van der Waals surface area contributed by atoms with Crippen molar-refractivity contribution in [1.82, 2.24) is 15.2 Å². The van der Waals surface area contributed by atoms with Gasteiger partial charge in [-0.1, -0.05) is 0 Å². The average molecular weight is 290 g/mol. The van der Waals surface area contributed by atoms with Crippen LogP contribution in [0.2, 0.25) is 0 Å². The Kier molecular flexibility index (Phi) is 3.92. The lowest BCUT2D eigenvalue weighted by Crippen LogP contribution is -2.36. The normalized spacial score (nSPS) is 15.0. The van der Waals surface area contributed by atoms with Crippen molar-refractivity contribution in [3.8, 4) is 22.9 Å². The minimum absolute atomic E-state index is 0.666. The van der Waals surface area contributed by atoms with E-state index >= 15 is 0 Å². The first-order chi connectivity index (χ1) is 10.3. The molecule has 3 rings (SSSR count). The Labute approximate surface area is 122 Å². The quantitative estimate of drug-likeness (QED) is 0.915. The first kappa shape index (κ1) is 13.7. The van der Waals surface area contributed by atoms with Crippen LogP contribution in [0.4, 0.5) is 5.95 Å². The number of morpholine rings is 1. The van der Waals surface area contributed by atoms with Gasteiger partial charge in [0.2, 0.25) is 5.95 Å². The summed E-state index contributed by atoms with van der Waals surface area (Å²) in [7, 11) is 3.23. The summed E-state index contributed by atoms with van der Waals surface area (Å²) in [4.78, 5) is 6.64. The maximum atomic E-state index is 5.33. The van der Waals surface area contributed by atoms with Crippen LogP contribution in [0, 0.1) is 0 Å². The fourth-order valence-corrected chi connectivity index (χ4v) is 2.27. The molecule has 21 heavy (non-hydrogen) atoms. The molecule has 0 spiro atoms. The SMILES string of the molecule is COc1ccc(-c2nc(N3CCOCC3)n[nH]2)cc1OC. The van der Waals surface area contributed by atoms with Crippen molar-refractivity contribution in [2.75, 3.05) is 45.4 Å². The molecule has 1 aliphatic rings. The summed E-state index contributed by atoms with van der Waals surface area (Å²) in [5.41, 5.74) is 0.902. The number of nitrogens with zero attached hydrogens (tertiary/aromatic N) is 3. The molecule has 1 fully saturated rings. The predicted octanol–water partition coefficient (Wildman–Crippen LogP) is 1.33. The molecular formula is C14H18N4O3. The summed E-state index contributed by atoms with van der Waals surface area (Å²) < 4.78 is 15.9. The largest absolute Gasteiger partial charge is 0.493 e. The molecule has 0 saturated carbocycles. The average Bonchev–Trinajstić information content (AvgIpc) is 3.05. The minimum Gasteiger partial charge on any atom is -0.493 e. The fourth-order valence-electron chi connectivity index (χ4n) is 2.27. The summed E-state index contributed by atoms with van der Waals surface area (Å²) in [6, 6.07) is 5.65. The van der Waals surface area contributed by atoms with Crippen molar-refractivity contribution < 1.29 is 14.2 Å². The zero-order valence-corrected chi connectivity index (χ0v) is 12.1. The molecule has 1 aromatic heterocycles. The molecule has 0 unspecified atom stereocenters. The highest BCUT2D eigenvalue weighted by atomic mass is 16.5. The lowest BCUT2D eigenvalue weighted by Gasteiger charge is -2.25. The van der Waals surface area contributed by atoms with Crippen LogP contribution in [0.3, 0.4) is 0 Å². The Bertz CT molecular complexity index is 608. The Balaban J connectivity index is 1.85. The molecule has 0 bridgehead atoms. The van der Waals surface area contributed by atoms with E-state index in [1.165, 1.54) is 0 Å². The van der Waals surface area contributed by atoms with Gasteiger partial charge in [0.05, 0.1) is 27.4 Å². The summed E-state index contributed by atoms with van der Waals surface area (Å²) in [5, 5.41) is 7.24. The molecule has 1 saturated heterocycles. The van der Waals surface area contributed by atoms with E-state index in [1.54, 1.807) is 14.2 Å². The van der Waals surface area contributed by atoms with E-state index in [9.17, 15) is 0 Å². The number of nitrogens with one attached hydrogen (secondary N) is 1. The first-order valence-electron chi connectivity index (χ1n) is 6.79. The third-order valence-electron chi connectivity index (χ3n) is 3.42. The molecule has 7 heteroatoms.